The minimum atomic E-state index is -0.656. The van der Waals surface area contributed by atoms with Crippen LogP contribution in [-0.4, -0.2) is 25.5 Å². The molecule has 25 heavy (non-hydrogen) atoms. The maximum absolute atomic E-state index is 12.9. The summed E-state index contributed by atoms with van der Waals surface area (Å²) in [5, 5.41) is 18.7. The van der Waals surface area contributed by atoms with Gasteiger partial charge in [0.25, 0.3) is 0 Å². The predicted octanol–water partition coefficient (Wildman–Crippen LogP) is 3.69. The molecule has 1 aliphatic rings. The summed E-state index contributed by atoms with van der Waals surface area (Å²) in [6.07, 6.45) is 3.57. The van der Waals surface area contributed by atoms with Gasteiger partial charge in [0.1, 0.15) is 6.04 Å². The monoisotopic (exact) mass is 372 g/mol. The number of carbonyl (C=O) groups excluding carboxylic acids is 1. The average molecular weight is 372 g/mol. The molecule has 9 heteroatoms. The van der Waals surface area contributed by atoms with Gasteiger partial charge < -0.3 is 10.1 Å². The van der Waals surface area contributed by atoms with Crippen molar-refractivity contribution in [1.82, 2.24) is 14.8 Å². The fourth-order valence-corrected chi connectivity index (χ4v) is 4.67. The Balaban J connectivity index is 1.77. The number of nitrogens with zero attached hydrogens (tertiary/aromatic N) is 4. The van der Waals surface area contributed by atoms with Gasteiger partial charge in [0, 0.05) is 20.8 Å². The molecule has 0 unspecified atom stereocenters. The first-order chi connectivity index (χ1) is 12.1. The molecule has 0 spiro atoms. The highest BCUT2D eigenvalue weighted by atomic mass is 32.1. The molecule has 4 rings (SSSR count). The molecular formula is C16H12N4O3S2. The second-order valence-electron chi connectivity index (χ2n) is 5.60. The van der Waals surface area contributed by atoms with Crippen LogP contribution in [0.25, 0.3) is 5.57 Å². The Labute approximate surface area is 150 Å². The summed E-state index contributed by atoms with van der Waals surface area (Å²) in [6, 6.07) is 7.25. The van der Waals surface area contributed by atoms with Crippen LogP contribution in [0.2, 0.25) is 0 Å². The molecular weight excluding hydrogens is 360 g/mol. The van der Waals surface area contributed by atoms with E-state index >= 15 is 0 Å². The van der Waals surface area contributed by atoms with Crippen LogP contribution in [0, 0.1) is 10.1 Å². The zero-order chi connectivity index (χ0) is 17.4. The van der Waals surface area contributed by atoms with Crippen LogP contribution in [0.4, 0.5) is 5.95 Å². The number of hydrogen-bond donors (Lipinski definition) is 0. The molecule has 7 nitrogen and oxygen atoms in total. The summed E-state index contributed by atoms with van der Waals surface area (Å²) >= 11 is 3.17. The Morgan fingerprint density at radius 2 is 2.04 bits per heavy atom. The number of allylic oxidation sites excluding steroid dienone is 2. The number of rotatable bonds is 4. The van der Waals surface area contributed by atoms with Gasteiger partial charge in [0.05, 0.1) is 0 Å². The van der Waals surface area contributed by atoms with Gasteiger partial charge in [-0.1, -0.05) is 17.1 Å². The van der Waals surface area contributed by atoms with Gasteiger partial charge >= 0.3 is 5.95 Å². The summed E-state index contributed by atoms with van der Waals surface area (Å²) in [4.78, 5) is 28.9. The summed E-state index contributed by atoms with van der Waals surface area (Å²) < 4.78 is 1.33. The zero-order valence-corrected chi connectivity index (χ0v) is 14.4. The fraction of sp³-hybridized carbons (Fsp3) is 0.188. The number of aromatic nitrogens is 3. The summed E-state index contributed by atoms with van der Waals surface area (Å²) in [7, 11) is 0. The van der Waals surface area contributed by atoms with Gasteiger partial charge in [-0.25, -0.2) is 0 Å². The topological polar surface area (TPSA) is 90.9 Å². The van der Waals surface area contributed by atoms with E-state index in [2.05, 4.69) is 10.1 Å². The van der Waals surface area contributed by atoms with Crippen LogP contribution >= 0.6 is 22.7 Å². The molecule has 0 fully saturated rings. The Kier molecular flexibility index (Phi) is 4.02. The Hall–Kier alpha value is -2.65. The first-order valence-corrected chi connectivity index (χ1v) is 9.26. The van der Waals surface area contributed by atoms with Crippen molar-refractivity contribution >= 4 is 40.0 Å². The third-order valence-electron chi connectivity index (χ3n) is 4.12. The number of ketones is 1. The van der Waals surface area contributed by atoms with Crippen molar-refractivity contribution in [3.63, 3.8) is 0 Å². The lowest BCUT2D eigenvalue weighted by atomic mass is 9.82. The van der Waals surface area contributed by atoms with Crippen molar-refractivity contribution in [2.75, 3.05) is 0 Å². The van der Waals surface area contributed by atoms with E-state index in [-0.39, 0.29) is 11.7 Å². The lowest BCUT2D eigenvalue weighted by Crippen LogP contribution is -2.28. The van der Waals surface area contributed by atoms with Crippen LogP contribution in [0.1, 0.15) is 28.1 Å². The van der Waals surface area contributed by atoms with Crippen molar-refractivity contribution in [1.29, 1.82) is 0 Å². The molecule has 0 saturated heterocycles. The molecule has 3 aromatic heterocycles. The van der Waals surface area contributed by atoms with Crippen LogP contribution in [0.15, 0.2) is 47.4 Å². The second-order valence-corrected chi connectivity index (χ2v) is 7.53. The SMILES string of the molecule is O=C1C=C(c2cccs2)C[C@H](c2cccs2)[C@@H]1n1cnc([N+](=O)[O-])n1. The number of thiophene rings is 2. The molecule has 126 valence electrons. The Morgan fingerprint density at radius 3 is 2.68 bits per heavy atom. The van der Waals surface area contributed by atoms with Crippen molar-refractivity contribution in [2.24, 2.45) is 0 Å². The Bertz CT molecular complexity index is 944. The summed E-state index contributed by atoms with van der Waals surface area (Å²) in [5.74, 6) is -0.741. The third-order valence-corrected chi connectivity index (χ3v) is 6.07. The van der Waals surface area contributed by atoms with Gasteiger partial charge in [-0.3, -0.25) is 4.79 Å². The first-order valence-electron chi connectivity index (χ1n) is 7.50. The van der Waals surface area contributed by atoms with E-state index in [1.165, 1.54) is 11.0 Å². The van der Waals surface area contributed by atoms with Crippen LogP contribution in [-0.2, 0) is 4.79 Å². The van der Waals surface area contributed by atoms with Crippen LogP contribution in [0.5, 0.6) is 0 Å². The van der Waals surface area contributed by atoms with E-state index in [4.69, 9.17) is 0 Å². The summed E-state index contributed by atoms with van der Waals surface area (Å²) in [6.45, 7) is 0. The number of nitro groups is 1. The van der Waals surface area contributed by atoms with Gasteiger partial charge in [-0.2, -0.15) is 4.68 Å². The average Bonchev–Trinajstić information content (AvgIpc) is 3.34. The van der Waals surface area contributed by atoms with Crippen molar-refractivity contribution in [3.8, 4) is 0 Å². The first kappa shape index (κ1) is 15.9. The molecule has 0 N–H and O–H groups in total. The minimum absolute atomic E-state index is 0.118. The predicted molar refractivity (Wildman–Crippen MR) is 94.7 cm³/mol. The van der Waals surface area contributed by atoms with E-state index in [1.807, 2.05) is 35.0 Å². The smallest absolute Gasteiger partial charge is 0.390 e. The van der Waals surface area contributed by atoms with E-state index in [0.717, 1.165) is 15.3 Å². The van der Waals surface area contributed by atoms with Crippen molar-refractivity contribution < 1.29 is 9.72 Å². The number of hydrogen-bond acceptors (Lipinski definition) is 7. The van der Waals surface area contributed by atoms with Crippen molar-refractivity contribution in [2.45, 2.75) is 18.4 Å². The van der Waals surface area contributed by atoms with Gasteiger partial charge in [-0.05, 0) is 45.9 Å². The zero-order valence-electron chi connectivity index (χ0n) is 12.8. The third kappa shape index (κ3) is 2.92. The van der Waals surface area contributed by atoms with Crippen molar-refractivity contribution in [3.05, 3.63) is 67.3 Å². The van der Waals surface area contributed by atoms with Gasteiger partial charge in [0.2, 0.25) is 6.33 Å². The molecule has 3 heterocycles. The van der Waals surface area contributed by atoms with Crippen LogP contribution in [0.3, 0.4) is 0 Å². The standard InChI is InChI=1S/C16H12N4O3S2/c21-12-8-10(13-3-1-5-24-13)7-11(14-4-2-6-25-14)15(12)19-9-17-16(18-19)20(22)23/h1-6,8-9,11,15H,7H2/t11-,15+/m1/s1. The van der Waals surface area contributed by atoms with Gasteiger partial charge in [-0.15, -0.1) is 22.7 Å². The molecule has 1 aliphatic carbocycles. The number of carbonyl (C=O) groups is 1. The molecule has 3 aromatic rings. The maximum Gasteiger partial charge on any atom is 0.490 e. The van der Waals surface area contributed by atoms with E-state index < -0.39 is 16.9 Å². The summed E-state index contributed by atoms with van der Waals surface area (Å²) in [5.41, 5.74) is 0.990. The quantitative estimate of drug-likeness (QED) is 0.514. The highest BCUT2D eigenvalue weighted by molar-refractivity contribution is 7.11. The highest BCUT2D eigenvalue weighted by Gasteiger charge is 2.38. The fourth-order valence-electron chi connectivity index (χ4n) is 3.05. The molecule has 0 bridgehead atoms. The normalized spacial score (nSPS) is 20.5. The largest absolute Gasteiger partial charge is 0.490 e. The molecule has 0 saturated carbocycles. The van der Waals surface area contributed by atoms with Crippen LogP contribution < -0.4 is 0 Å². The molecule has 0 aromatic carbocycles. The molecule has 0 amide bonds. The lowest BCUT2D eigenvalue weighted by molar-refractivity contribution is -0.394. The second kappa shape index (κ2) is 6.34. The molecule has 0 radical (unpaired) electrons. The highest BCUT2D eigenvalue weighted by Crippen LogP contribution is 2.44. The van der Waals surface area contributed by atoms with E-state index in [0.29, 0.717) is 6.42 Å². The Morgan fingerprint density at radius 1 is 1.24 bits per heavy atom. The van der Waals surface area contributed by atoms with E-state index in [1.54, 1.807) is 28.7 Å². The van der Waals surface area contributed by atoms with Gasteiger partial charge in [0.15, 0.2) is 5.78 Å². The molecule has 0 aliphatic heterocycles. The molecule has 2 atom stereocenters. The lowest BCUT2D eigenvalue weighted by Gasteiger charge is -2.27. The minimum Gasteiger partial charge on any atom is -0.390 e. The van der Waals surface area contributed by atoms with E-state index in [9.17, 15) is 14.9 Å². The maximum atomic E-state index is 12.9.